The minimum absolute atomic E-state index is 0.0895. The zero-order valence-electron chi connectivity index (χ0n) is 19.8. The molecule has 4 aromatic rings. The van der Waals surface area contributed by atoms with Gasteiger partial charge < -0.3 is 19.1 Å². The molecule has 8 heteroatoms. The van der Waals surface area contributed by atoms with Gasteiger partial charge in [0, 0.05) is 50.5 Å². The number of carbonyl (C=O) groups is 1. The second-order valence-electron chi connectivity index (χ2n) is 8.64. The standard InChI is InChI=1S/C27H27N5O3/c1-19-23(26(33)31-14-12-30(13-15-31)21-5-7-22(35-2)8-6-21)16-24-25(29-19)9-11-32(27(24)34)18-20-4-3-10-28-17-20/h3-11,16-17H,12-15,18H2,1-2H3. The molecule has 0 unspecified atom stereocenters. The predicted molar refractivity (Wildman–Crippen MR) is 135 cm³/mol. The molecular weight excluding hydrogens is 442 g/mol. The van der Waals surface area contributed by atoms with Crippen LogP contribution in [-0.4, -0.2) is 58.6 Å². The molecule has 1 aliphatic heterocycles. The molecule has 4 heterocycles. The fourth-order valence-corrected chi connectivity index (χ4v) is 4.47. The summed E-state index contributed by atoms with van der Waals surface area (Å²) in [7, 11) is 1.65. The largest absolute Gasteiger partial charge is 0.497 e. The Kier molecular flexibility index (Phi) is 6.18. The van der Waals surface area contributed by atoms with Crippen LogP contribution >= 0.6 is 0 Å². The number of rotatable bonds is 5. The van der Waals surface area contributed by atoms with Crippen molar-refractivity contribution in [1.29, 1.82) is 0 Å². The van der Waals surface area contributed by atoms with E-state index in [-0.39, 0.29) is 11.5 Å². The number of benzene rings is 1. The molecule has 0 spiro atoms. The molecule has 5 rings (SSSR count). The molecule has 178 valence electrons. The number of nitrogens with zero attached hydrogens (tertiary/aromatic N) is 5. The molecule has 1 aromatic carbocycles. The Morgan fingerprint density at radius 3 is 2.51 bits per heavy atom. The Hall–Kier alpha value is -4.20. The van der Waals surface area contributed by atoms with Gasteiger partial charge in [-0.1, -0.05) is 6.07 Å². The monoisotopic (exact) mass is 469 g/mol. The Labute approximate surface area is 203 Å². The lowest BCUT2D eigenvalue weighted by Gasteiger charge is -2.36. The molecule has 1 amide bonds. The summed E-state index contributed by atoms with van der Waals surface area (Å²) in [6, 6.07) is 15.2. The maximum atomic E-state index is 13.4. The number of fused-ring (bicyclic) bond motifs is 1. The fraction of sp³-hybridized carbons (Fsp3) is 0.259. The lowest BCUT2D eigenvalue weighted by Crippen LogP contribution is -2.49. The van der Waals surface area contributed by atoms with Crippen molar-refractivity contribution in [2.45, 2.75) is 13.5 Å². The molecule has 1 fully saturated rings. The van der Waals surface area contributed by atoms with Crippen molar-refractivity contribution in [3.8, 4) is 5.75 Å². The predicted octanol–water partition coefficient (Wildman–Crippen LogP) is 3.12. The molecule has 0 bridgehead atoms. The molecule has 8 nitrogen and oxygen atoms in total. The minimum atomic E-state index is -0.169. The summed E-state index contributed by atoms with van der Waals surface area (Å²) in [5, 5.41) is 0.446. The van der Waals surface area contributed by atoms with Crippen LogP contribution in [0.15, 0.2) is 71.9 Å². The van der Waals surface area contributed by atoms with Crippen molar-refractivity contribution in [2.75, 3.05) is 38.2 Å². The van der Waals surface area contributed by atoms with E-state index in [1.165, 1.54) is 0 Å². The first-order valence-corrected chi connectivity index (χ1v) is 11.6. The quantitative estimate of drug-likeness (QED) is 0.447. The number of methoxy groups -OCH3 is 1. The SMILES string of the molecule is COc1ccc(N2CCN(C(=O)c3cc4c(=O)n(Cc5cccnc5)ccc4nc3C)CC2)cc1. The van der Waals surface area contributed by atoms with Crippen LogP contribution in [0.5, 0.6) is 5.75 Å². The lowest BCUT2D eigenvalue weighted by atomic mass is 10.1. The molecule has 3 aromatic heterocycles. The van der Waals surface area contributed by atoms with E-state index in [1.54, 1.807) is 36.3 Å². The zero-order valence-corrected chi connectivity index (χ0v) is 19.8. The van der Waals surface area contributed by atoms with Gasteiger partial charge in [0.05, 0.1) is 35.8 Å². The minimum Gasteiger partial charge on any atom is -0.497 e. The highest BCUT2D eigenvalue weighted by Crippen LogP contribution is 2.22. The third kappa shape index (κ3) is 4.59. The second-order valence-corrected chi connectivity index (χ2v) is 8.64. The molecule has 0 aliphatic carbocycles. The van der Waals surface area contributed by atoms with Crippen molar-refractivity contribution in [2.24, 2.45) is 0 Å². The van der Waals surface area contributed by atoms with Crippen LogP contribution in [-0.2, 0) is 6.54 Å². The van der Waals surface area contributed by atoms with Gasteiger partial charge in [0.25, 0.3) is 11.5 Å². The van der Waals surface area contributed by atoms with E-state index < -0.39 is 0 Å². The Morgan fingerprint density at radius 1 is 1.06 bits per heavy atom. The van der Waals surface area contributed by atoms with Gasteiger partial charge >= 0.3 is 0 Å². The number of aryl methyl sites for hydroxylation is 1. The number of piperazine rings is 1. The molecule has 35 heavy (non-hydrogen) atoms. The van der Waals surface area contributed by atoms with Crippen LogP contribution in [0.4, 0.5) is 5.69 Å². The normalized spacial score (nSPS) is 13.8. The first-order chi connectivity index (χ1) is 17.0. The molecule has 0 radical (unpaired) electrons. The second kappa shape index (κ2) is 9.58. The average molecular weight is 470 g/mol. The van der Waals surface area contributed by atoms with Crippen molar-refractivity contribution in [3.63, 3.8) is 0 Å². The third-order valence-electron chi connectivity index (χ3n) is 6.46. The molecule has 1 aliphatic rings. The van der Waals surface area contributed by atoms with Crippen molar-refractivity contribution in [3.05, 3.63) is 94.3 Å². The number of amides is 1. The van der Waals surface area contributed by atoms with Gasteiger partial charge in [-0.3, -0.25) is 19.6 Å². The first-order valence-electron chi connectivity index (χ1n) is 11.6. The molecule has 0 saturated carbocycles. The molecule has 0 N–H and O–H groups in total. The van der Waals surface area contributed by atoms with Gasteiger partial charge in [0.1, 0.15) is 5.75 Å². The number of ether oxygens (including phenoxy) is 1. The number of hydrogen-bond donors (Lipinski definition) is 0. The smallest absolute Gasteiger partial charge is 0.260 e. The summed E-state index contributed by atoms with van der Waals surface area (Å²) in [6.45, 7) is 4.89. The summed E-state index contributed by atoms with van der Waals surface area (Å²) < 4.78 is 6.86. The van der Waals surface area contributed by atoms with Crippen LogP contribution in [0, 0.1) is 6.92 Å². The molecule has 1 saturated heterocycles. The maximum absolute atomic E-state index is 13.4. The van der Waals surface area contributed by atoms with E-state index >= 15 is 0 Å². The number of aromatic nitrogens is 3. The number of anilines is 1. The van der Waals surface area contributed by atoms with Crippen LogP contribution in [0.25, 0.3) is 10.9 Å². The highest BCUT2D eigenvalue weighted by molar-refractivity contribution is 5.98. The number of hydrogen-bond acceptors (Lipinski definition) is 6. The highest BCUT2D eigenvalue weighted by atomic mass is 16.5. The molecular formula is C27H27N5O3. The van der Waals surface area contributed by atoms with Crippen LogP contribution in [0.2, 0.25) is 0 Å². The average Bonchev–Trinajstić information content (AvgIpc) is 2.90. The highest BCUT2D eigenvalue weighted by Gasteiger charge is 2.24. The first kappa shape index (κ1) is 22.6. The third-order valence-corrected chi connectivity index (χ3v) is 6.46. The van der Waals surface area contributed by atoms with Crippen molar-refractivity contribution in [1.82, 2.24) is 19.4 Å². The summed E-state index contributed by atoms with van der Waals surface area (Å²) >= 11 is 0. The Bertz CT molecular complexity index is 1410. The van der Waals surface area contributed by atoms with E-state index in [1.807, 2.05) is 54.3 Å². The topological polar surface area (TPSA) is 80.6 Å². The summed E-state index contributed by atoms with van der Waals surface area (Å²) in [5.74, 6) is 0.731. The van der Waals surface area contributed by atoms with Gasteiger partial charge in [-0.15, -0.1) is 0 Å². The van der Waals surface area contributed by atoms with Gasteiger partial charge in [-0.2, -0.15) is 0 Å². The van der Waals surface area contributed by atoms with E-state index in [4.69, 9.17) is 4.74 Å². The maximum Gasteiger partial charge on any atom is 0.260 e. The van der Waals surface area contributed by atoms with Crippen LogP contribution in [0.3, 0.4) is 0 Å². The van der Waals surface area contributed by atoms with Gasteiger partial charge in [-0.25, -0.2) is 0 Å². The van der Waals surface area contributed by atoms with Gasteiger partial charge in [0.2, 0.25) is 0 Å². The number of pyridine rings is 3. The van der Waals surface area contributed by atoms with Crippen molar-refractivity contribution < 1.29 is 9.53 Å². The van der Waals surface area contributed by atoms with Crippen molar-refractivity contribution >= 4 is 22.5 Å². The van der Waals surface area contributed by atoms with Crippen LogP contribution < -0.4 is 15.2 Å². The summed E-state index contributed by atoms with van der Waals surface area (Å²) in [4.78, 5) is 39.4. The van der Waals surface area contributed by atoms with Crippen LogP contribution in [0.1, 0.15) is 21.6 Å². The Balaban J connectivity index is 1.36. The van der Waals surface area contributed by atoms with E-state index in [2.05, 4.69) is 14.9 Å². The van der Waals surface area contributed by atoms with Gasteiger partial charge in [-0.05, 0) is 55.0 Å². The number of carbonyl (C=O) groups excluding carboxylic acids is 1. The summed E-state index contributed by atoms with van der Waals surface area (Å²) in [5.41, 5.74) is 3.57. The fourth-order valence-electron chi connectivity index (χ4n) is 4.47. The Morgan fingerprint density at radius 2 is 1.83 bits per heavy atom. The van der Waals surface area contributed by atoms with E-state index in [9.17, 15) is 9.59 Å². The lowest BCUT2D eigenvalue weighted by molar-refractivity contribution is 0.0745. The molecule has 0 atom stereocenters. The van der Waals surface area contributed by atoms with Gasteiger partial charge in [0.15, 0.2) is 0 Å². The summed E-state index contributed by atoms with van der Waals surface area (Å²) in [6.07, 6.45) is 5.18. The van der Waals surface area contributed by atoms with E-state index in [0.29, 0.717) is 41.8 Å². The van der Waals surface area contributed by atoms with E-state index in [0.717, 1.165) is 30.1 Å². The zero-order chi connectivity index (χ0) is 24.4.